The SMILES string of the molecule is C.CC(C)c1noc(=O)[nH]1. The Kier molecular flexibility index (Phi) is 2.86. The standard InChI is InChI=1S/C5H8N2O2.CH4/c1-3(2)4-6-5(8)9-7-4;/h3H,1-2H3,(H,6,7,8);1H4. The molecule has 4 nitrogen and oxygen atoms in total. The Bertz CT molecular complexity index is 236. The van der Waals surface area contributed by atoms with Gasteiger partial charge in [0.05, 0.1) is 0 Å². The van der Waals surface area contributed by atoms with Gasteiger partial charge in [-0.15, -0.1) is 0 Å². The van der Waals surface area contributed by atoms with E-state index in [2.05, 4.69) is 14.7 Å². The van der Waals surface area contributed by atoms with Crippen LogP contribution in [0, 0.1) is 0 Å². The fourth-order valence-corrected chi connectivity index (χ4v) is 0.491. The van der Waals surface area contributed by atoms with E-state index < -0.39 is 5.76 Å². The molecule has 0 aromatic carbocycles. The molecule has 10 heavy (non-hydrogen) atoms. The summed E-state index contributed by atoms with van der Waals surface area (Å²) in [6.07, 6.45) is 0. The van der Waals surface area contributed by atoms with Crippen LogP contribution in [0.5, 0.6) is 0 Å². The van der Waals surface area contributed by atoms with E-state index in [1.807, 2.05) is 13.8 Å². The van der Waals surface area contributed by atoms with Crippen LogP contribution in [-0.4, -0.2) is 10.1 Å². The minimum absolute atomic E-state index is 0. The van der Waals surface area contributed by atoms with Gasteiger partial charge in [-0.3, -0.25) is 9.51 Å². The summed E-state index contributed by atoms with van der Waals surface area (Å²) in [5.74, 6) is 0.329. The van der Waals surface area contributed by atoms with Gasteiger partial charge in [0.2, 0.25) is 0 Å². The van der Waals surface area contributed by atoms with E-state index in [0.29, 0.717) is 5.82 Å². The molecule has 0 aliphatic heterocycles. The molecule has 1 aromatic heterocycles. The molecule has 0 saturated heterocycles. The molecule has 4 heteroatoms. The van der Waals surface area contributed by atoms with Gasteiger partial charge in [-0.05, 0) is 0 Å². The highest BCUT2D eigenvalue weighted by Crippen LogP contribution is 2.03. The lowest BCUT2D eigenvalue weighted by Gasteiger charge is -1.91. The van der Waals surface area contributed by atoms with Crippen LogP contribution in [0.2, 0.25) is 0 Å². The van der Waals surface area contributed by atoms with Crippen LogP contribution in [0.1, 0.15) is 33.0 Å². The maximum atomic E-state index is 10.3. The van der Waals surface area contributed by atoms with Crippen molar-refractivity contribution < 1.29 is 4.52 Å². The van der Waals surface area contributed by atoms with Crippen molar-refractivity contribution >= 4 is 0 Å². The molecule has 58 valence electrons. The highest BCUT2D eigenvalue weighted by molar-refractivity contribution is 4.85. The zero-order valence-electron chi connectivity index (χ0n) is 5.34. The first-order valence-corrected chi connectivity index (χ1v) is 2.76. The molecule has 0 amide bonds. The van der Waals surface area contributed by atoms with Gasteiger partial charge in [-0.25, -0.2) is 4.79 Å². The summed E-state index contributed by atoms with van der Waals surface area (Å²) in [6.45, 7) is 3.85. The molecular formula is C6H12N2O2. The van der Waals surface area contributed by atoms with Crippen molar-refractivity contribution in [3.63, 3.8) is 0 Å². The quantitative estimate of drug-likeness (QED) is 0.642. The molecule has 0 fully saturated rings. The van der Waals surface area contributed by atoms with Crippen LogP contribution in [0.25, 0.3) is 0 Å². The smallest absolute Gasteiger partial charge is 0.296 e. The highest BCUT2D eigenvalue weighted by Gasteiger charge is 2.02. The van der Waals surface area contributed by atoms with E-state index in [1.165, 1.54) is 0 Å². The number of rotatable bonds is 1. The van der Waals surface area contributed by atoms with Crippen molar-refractivity contribution in [3.8, 4) is 0 Å². The van der Waals surface area contributed by atoms with Crippen LogP contribution in [0.4, 0.5) is 0 Å². The van der Waals surface area contributed by atoms with Gasteiger partial charge in [0, 0.05) is 5.92 Å². The Balaban J connectivity index is 0.000000810. The maximum Gasteiger partial charge on any atom is 0.438 e. The minimum Gasteiger partial charge on any atom is -0.296 e. The van der Waals surface area contributed by atoms with Crippen molar-refractivity contribution in [1.29, 1.82) is 0 Å². The zero-order chi connectivity index (χ0) is 6.85. The zero-order valence-corrected chi connectivity index (χ0v) is 5.34. The first kappa shape index (κ1) is 8.94. The molecule has 0 radical (unpaired) electrons. The van der Waals surface area contributed by atoms with E-state index in [9.17, 15) is 4.79 Å². The molecule has 0 aliphatic carbocycles. The van der Waals surface area contributed by atoms with Gasteiger partial charge in [-0.1, -0.05) is 26.4 Å². The molecule has 1 heterocycles. The Morgan fingerprint density at radius 2 is 2.20 bits per heavy atom. The summed E-state index contributed by atoms with van der Waals surface area (Å²) in [4.78, 5) is 12.8. The second-order valence-electron chi connectivity index (χ2n) is 2.13. The van der Waals surface area contributed by atoms with E-state index in [0.717, 1.165) is 0 Å². The normalized spacial score (nSPS) is 9.50. The Morgan fingerprint density at radius 1 is 1.60 bits per heavy atom. The second-order valence-corrected chi connectivity index (χ2v) is 2.13. The van der Waals surface area contributed by atoms with Crippen LogP contribution in [-0.2, 0) is 0 Å². The summed E-state index contributed by atoms with van der Waals surface area (Å²) in [6, 6.07) is 0. The van der Waals surface area contributed by atoms with Crippen molar-refractivity contribution in [3.05, 3.63) is 16.4 Å². The van der Waals surface area contributed by atoms with Gasteiger partial charge in [-0.2, -0.15) is 0 Å². The third-order valence-electron chi connectivity index (χ3n) is 1.00. The van der Waals surface area contributed by atoms with Crippen molar-refractivity contribution in [1.82, 2.24) is 10.1 Å². The third-order valence-corrected chi connectivity index (χ3v) is 1.00. The first-order chi connectivity index (χ1) is 4.20. The van der Waals surface area contributed by atoms with E-state index in [4.69, 9.17) is 0 Å². The lowest BCUT2D eigenvalue weighted by molar-refractivity contribution is 0.379. The highest BCUT2D eigenvalue weighted by atomic mass is 16.5. The van der Waals surface area contributed by atoms with Gasteiger partial charge in [0.1, 0.15) is 0 Å². The molecule has 0 saturated carbocycles. The Hall–Kier alpha value is -1.06. The van der Waals surface area contributed by atoms with Crippen LogP contribution in [0.15, 0.2) is 9.32 Å². The van der Waals surface area contributed by atoms with Gasteiger partial charge in [0.15, 0.2) is 5.82 Å². The fraction of sp³-hybridized carbons (Fsp3) is 0.667. The van der Waals surface area contributed by atoms with Crippen molar-refractivity contribution in [2.75, 3.05) is 0 Å². The lowest BCUT2D eigenvalue weighted by atomic mass is 10.2. The van der Waals surface area contributed by atoms with E-state index >= 15 is 0 Å². The Morgan fingerprint density at radius 3 is 2.40 bits per heavy atom. The summed E-state index contributed by atoms with van der Waals surface area (Å²) < 4.78 is 4.26. The number of nitrogens with zero attached hydrogens (tertiary/aromatic N) is 1. The molecule has 0 bridgehead atoms. The number of hydrogen-bond acceptors (Lipinski definition) is 3. The molecule has 0 spiro atoms. The molecule has 1 rings (SSSR count). The second kappa shape index (κ2) is 3.20. The summed E-state index contributed by atoms with van der Waals surface area (Å²) >= 11 is 0. The molecule has 0 atom stereocenters. The molecule has 0 aliphatic rings. The number of hydrogen-bond donors (Lipinski definition) is 1. The predicted molar refractivity (Wildman–Crippen MR) is 37.9 cm³/mol. The Labute approximate surface area is 59.2 Å². The monoisotopic (exact) mass is 144 g/mol. The summed E-state index contributed by atoms with van der Waals surface area (Å²) in [7, 11) is 0. The maximum absolute atomic E-state index is 10.3. The number of nitrogens with one attached hydrogen (secondary N) is 1. The number of aromatic nitrogens is 2. The van der Waals surface area contributed by atoms with Gasteiger partial charge < -0.3 is 0 Å². The van der Waals surface area contributed by atoms with E-state index in [-0.39, 0.29) is 13.3 Å². The molecule has 0 unspecified atom stereocenters. The minimum atomic E-state index is -0.487. The summed E-state index contributed by atoms with van der Waals surface area (Å²) in [5.41, 5.74) is 0. The number of aromatic amines is 1. The molecular weight excluding hydrogens is 132 g/mol. The van der Waals surface area contributed by atoms with Crippen molar-refractivity contribution in [2.45, 2.75) is 27.2 Å². The largest absolute Gasteiger partial charge is 0.438 e. The fourth-order valence-electron chi connectivity index (χ4n) is 0.491. The van der Waals surface area contributed by atoms with Crippen LogP contribution < -0.4 is 5.76 Å². The summed E-state index contributed by atoms with van der Waals surface area (Å²) in [5, 5.41) is 3.47. The first-order valence-electron chi connectivity index (χ1n) is 2.76. The van der Waals surface area contributed by atoms with E-state index in [1.54, 1.807) is 0 Å². The van der Waals surface area contributed by atoms with Crippen LogP contribution >= 0.6 is 0 Å². The van der Waals surface area contributed by atoms with Crippen LogP contribution in [0.3, 0.4) is 0 Å². The third kappa shape index (κ3) is 1.72. The molecule has 1 aromatic rings. The predicted octanol–water partition coefficient (Wildman–Crippen LogP) is 1.12. The topological polar surface area (TPSA) is 58.9 Å². The number of H-pyrrole nitrogens is 1. The molecule has 1 N–H and O–H groups in total. The lowest BCUT2D eigenvalue weighted by Crippen LogP contribution is -1.97. The van der Waals surface area contributed by atoms with Crippen molar-refractivity contribution in [2.24, 2.45) is 0 Å². The average molecular weight is 144 g/mol. The van der Waals surface area contributed by atoms with Gasteiger partial charge in [0.25, 0.3) is 0 Å². The average Bonchev–Trinajstić information content (AvgIpc) is 2.14. The van der Waals surface area contributed by atoms with Gasteiger partial charge >= 0.3 is 5.76 Å².